The quantitative estimate of drug-likeness (QED) is 0.758. The zero-order valence-corrected chi connectivity index (χ0v) is 9.90. The summed E-state index contributed by atoms with van der Waals surface area (Å²) in [6.45, 7) is 3.09. The van der Waals surface area contributed by atoms with Gasteiger partial charge < -0.3 is 15.4 Å². The van der Waals surface area contributed by atoms with Crippen molar-refractivity contribution in [2.45, 2.75) is 31.7 Å². The van der Waals surface area contributed by atoms with Crippen LogP contribution in [0.3, 0.4) is 0 Å². The molecule has 1 aliphatic carbocycles. The van der Waals surface area contributed by atoms with E-state index in [9.17, 15) is 4.79 Å². The molecule has 2 N–H and O–H groups in total. The first kappa shape index (κ1) is 11.4. The van der Waals surface area contributed by atoms with Crippen molar-refractivity contribution in [3.8, 4) is 0 Å². The number of nitrogens with two attached hydrogens (primary N) is 1. The number of methoxy groups -OCH3 is 1. The molecule has 2 aliphatic rings. The van der Waals surface area contributed by atoms with Crippen LogP contribution in [-0.2, 0) is 4.74 Å². The molecular formula is C11H19N3O2. The Morgan fingerprint density at radius 1 is 1.62 bits per heavy atom. The topological polar surface area (TPSA) is 67.9 Å². The monoisotopic (exact) mass is 225 g/mol. The molecule has 2 amide bonds. The number of nitrogens with zero attached hydrogens (tertiary/aromatic N) is 2. The third-order valence-corrected chi connectivity index (χ3v) is 3.50. The SMILES string of the molecule is COCCN1C(=O)N=C(N)C1(C)CC1CC1. The zero-order chi connectivity index (χ0) is 11.8. The highest BCUT2D eigenvalue weighted by Crippen LogP contribution is 2.40. The van der Waals surface area contributed by atoms with Crippen LogP contribution in [0, 0.1) is 5.92 Å². The number of ether oxygens (including phenoxy) is 1. The van der Waals surface area contributed by atoms with Gasteiger partial charge in [-0.05, 0) is 19.3 Å². The van der Waals surface area contributed by atoms with Gasteiger partial charge in [0.05, 0.1) is 12.1 Å². The maximum atomic E-state index is 11.7. The maximum Gasteiger partial charge on any atom is 0.346 e. The van der Waals surface area contributed by atoms with Gasteiger partial charge in [-0.1, -0.05) is 12.8 Å². The number of amides is 2. The highest BCUT2D eigenvalue weighted by molar-refractivity contribution is 6.05. The van der Waals surface area contributed by atoms with Gasteiger partial charge in [-0.3, -0.25) is 0 Å². The van der Waals surface area contributed by atoms with E-state index in [4.69, 9.17) is 10.5 Å². The Morgan fingerprint density at radius 2 is 2.31 bits per heavy atom. The molecule has 0 aromatic carbocycles. The van der Waals surface area contributed by atoms with E-state index < -0.39 is 5.54 Å². The first-order valence-electron chi connectivity index (χ1n) is 5.73. The fraction of sp³-hybridized carbons (Fsp3) is 0.818. The summed E-state index contributed by atoms with van der Waals surface area (Å²) >= 11 is 0. The molecule has 2 rings (SSSR count). The molecule has 1 atom stereocenters. The second kappa shape index (κ2) is 4.05. The lowest BCUT2D eigenvalue weighted by Gasteiger charge is -2.34. The number of amidine groups is 1. The summed E-state index contributed by atoms with van der Waals surface area (Å²) in [4.78, 5) is 17.3. The van der Waals surface area contributed by atoms with Gasteiger partial charge in [-0.2, -0.15) is 4.99 Å². The van der Waals surface area contributed by atoms with Crippen molar-refractivity contribution in [1.29, 1.82) is 0 Å². The number of rotatable bonds is 5. The molecule has 16 heavy (non-hydrogen) atoms. The summed E-state index contributed by atoms with van der Waals surface area (Å²) in [5, 5.41) is 0. The van der Waals surface area contributed by atoms with Gasteiger partial charge in [0.2, 0.25) is 0 Å². The van der Waals surface area contributed by atoms with Crippen LogP contribution in [0.5, 0.6) is 0 Å². The highest BCUT2D eigenvalue weighted by Gasteiger charge is 2.47. The maximum absolute atomic E-state index is 11.7. The van der Waals surface area contributed by atoms with Crippen LogP contribution in [0.15, 0.2) is 4.99 Å². The average Bonchev–Trinajstić information content (AvgIpc) is 2.98. The normalized spacial score (nSPS) is 29.8. The minimum Gasteiger partial charge on any atom is -0.385 e. The van der Waals surface area contributed by atoms with Crippen molar-refractivity contribution < 1.29 is 9.53 Å². The Kier molecular flexibility index (Phi) is 2.88. The Morgan fingerprint density at radius 3 is 2.88 bits per heavy atom. The molecule has 1 heterocycles. The van der Waals surface area contributed by atoms with Crippen LogP contribution < -0.4 is 5.73 Å². The minimum atomic E-state index is -0.392. The molecule has 5 nitrogen and oxygen atoms in total. The Hall–Kier alpha value is -1.10. The number of carbonyl (C=O) groups is 1. The van der Waals surface area contributed by atoms with Gasteiger partial charge >= 0.3 is 6.03 Å². The molecule has 1 saturated carbocycles. The molecule has 1 aliphatic heterocycles. The molecule has 5 heteroatoms. The van der Waals surface area contributed by atoms with Crippen LogP contribution in [0.1, 0.15) is 26.2 Å². The van der Waals surface area contributed by atoms with Crippen LogP contribution in [0.4, 0.5) is 4.79 Å². The first-order chi connectivity index (χ1) is 7.58. The van der Waals surface area contributed by atoms with Crippen LogP contribution >= 0.6 is 0 Å². The average molecular weight is 225 g/mol. The van der Waals surface area contributed by atoms with E-state index in [0.717, 1.165) is 6.42 Å². The molecule has 0 spiro atoms. The molecule has 1 unspecified atom stereocenters. The lowest BCUT2D eigenvalue weighted by molar-refractivity contribution is 0.123. The summed E-state index contributed by atoms with van der Waals surface area (Å²) < 4.78 is 5.02. The Labute approximate surface area is 95.6 Å². The summed E-state index contributed by atoms with van der Waals surface area (Å²) in [6.07, 6.45) is 3.42. The predicted octanol–water partition coefficient (Wildman–Crippen LogP) is 0.984. The van der Waals surface area contributed by atoms with E-state index in [1.807, 2.05) is 6.92 Å². The first-order valence-corrected chi connectivity index (χ1v) is 5.73. The number of carbonyl (C=O) groups excluding carboxylic acids is 1. The number of urea groups is 1. The minimum absolute atomic E-state index is 0.224. The van der Waals surface area contributed by atoms with Gasteiger partial charge in [0.15, 0.2) is 0 Å². The van der Waals surface area contributed by atoms with E-state index >= 15 is 0 Å². The number of aliphatic imine (C=N–C) groups is 1. The predicted molar refractivity (Wildman–Crippen MR) is 61.3 cm³/mol. The van der Waals surface area contributed by atoms with Gasteiger partial charge in [0.25, 0.3) is 0 Å². The van der Waals surface area contributed by atoms with Crippen LogP contribution in [0.25, 0.3) is 0 Å². The molecule has 0 aromatic heterocycles. The highest BCUT2D eigenvalue weighted by atomic mass is 16.5. The van der Waals surface area contributed by atoms with Crippen molar-refractivity contribution in [1.82, 2.24) is 4.90 Å². The Bertz CT molecular complexity index is 325. The third-order valence-electron chi connectivity index (χ3n) is 3.50. The van der Waals surface area contributed by atoms with Crippen molar-refractivity contribution in [2.24, 2.45) is 16.6 Å². The lowest BCUT2D eigenvalue weighted by Crippen LogP contribution is -2.53. The molecule has 0 aromatic rings. The van der Waals surface area contributed by atoms with Gasteiger partial charge in [0.1, 0.15) is 5.84 Å². The largest absolute Gasteiger partial charge is 0.385 e. The molecule has 0 saturated heterocycles. The zero-order valence-electron chi connectivity index (χ0n) is 9.90. The fourth-order valence-corrected chi connectivity index (χ4v) is 2.26. The van der Waals surface area contributed by atoms with Crippen molar-refractivity contribution in [3.05, 3.63) is 0 Å². The summed E-state index contributed by atoms with van der Waals surface area (Å²) in [5.74, 6) is 1.16. The molecule has 0 radical (unpaired) electrons. The second-order valence-corrected chi connectivity index (χ2v) is 4.85. The molecular weight excluding hydrogens is 206 g/mol. The van der Waals surface area contributed by atoms with E-state index in [-0.39, 0.29) is 6.03 Å². The van der Waals surface area contributed by atoms with Gasteiger partial charge in [0, 0.05) is 13.7 Å². The van der Waals surface area contributed by atoms with E-state index in [0.29, 0.717) is 24.9 Å². The summed E-state index contributed by atoms with van der Waals surface area (Å²) in [6, 6.07) is -0.224. The number of hydrogen-bond acceptors (Lipinski definition) is 3. The van der Waals surface area contributed by atoms with Gasteiger partial charge in [-0.15, -0.1) is 0 Å². The van der Waals surface area contributed by atoms with Crippen LogP contribution in [0.2, 0.25) is 0 Å². The molecule has 0 bridgehead atoms. The fourth-order valence-electron chi connectivity index (χ4n) is 2.26. The van der Waals surface area contributed by atoms with Crippen molar-refractivity contribution in [3.63, 3.8) is 0 Å². The van der Waals surface area contributed by atoms with E-state index in [1.54, 1.807) is 12.0 Å². The summed E-state index contributed by atoms with van der Waals surface area (Å²) in [5.41, 5.74) is 5.50. The second-order valence-electron chi connectivity index (χ2n) is 4.85. The molecule has 90 valence electrons. The van der Waals surface area contributed by atoms with Crippen LogP contribution in [-0.4, -0.2) is 42.6 Å². The lowest BCUT2D eigenvalue weighted by atomic mass is 9.92. The van der Waals surface area contributed by atoms with Crippen molar-refractivity contribution >= 4 is 11.9 Å². The third kappa shape index (κ3) is 1.91. The van der Waals surface area contributed by atoms with Gasteiger partial charge in [-0.25, -0.2) is 4.79 Å². The standard InChI is InChI=1S/C11H19N3O2/c1-11(7-8-3-4-8)9(12)13-10(15)14(11)5-6-16-2/h8H,3-7H2,1-2H3,(H2,12,13,15). The number of hydrogen-bond donors (Lipinski definition) is 1. The summed E-state index contributed by atoms with van der Waals surface area (Å²) in [7, 11) is 1.63. The molecule has 1 fully saturated rings. The van der Waals surface area contributed by atoms with Crippen molar-refractivity contribution in [2.75, 3.05) is 20.3 Å². The smallest absolute Gasteiger partial charge is 0.346 e. The van der Waals surface area contributed by atoms with E-state index in [1.165, 1.54) is 12.8 Å². The van der Waals surface area contributed by atoms with E-state index in [2.05, 4.69) is 4.99 Å². The Balaban J connectivity index is 2.10.